The molecule has 5 nitrogen and oxygen atoms in total. The van der Waals surface area contributed by atoms with Gasteiger partial charge in [0.15, 0.2) is 0 Å². The summed E-state index contributed by atoms with van der Waals surface area (Å²) in [5.74, 6) is 0. The Morgan fingerprint density at radius 2 is 1.79 bits per heavy atom. The summed E-state index contributed by atoms with van der Waals surface area (Å²) in [7, 11) is 0. The lowest BCUT2D eigenvalue weighted by Gasteiger charge is -2.19. The van der Waals surface area contributed by atoms with Crippen LogP contribution in [0, 0.1) is 5.41 Å². The Bertz CT molecular complexity index is 151. The van der Waals surface area contributed by atoms with Crippen molar-refractivity contribution in [3.8, 4) is 0 Å². The average Bonchev–Trinajstić information content (AvgIpc) is 2.00. The summed E-state index contributed by atoms with van der Waals surface area (Å²) >= 11 is 0. The molecule has 0 atom stereocenters. The van der Waals surface area contributed by atoms with Gasteiger partial charge in [0.05, 0.1) is 6.61 Å². The van der Waals surface area contributed by atoms with E-state index < -0.39 is 11.6 Å². The maximum Gasteiger partial charge on any atom is 0.505 e. The fourth-order valence-electron chi connectivity index (χ4n) is 0.303. The minimum Gasteiger partial charge on any atom is -0.450 e. The molecule has 0 aromatic carbocycles. The van der Waals surface area contributed by atoms with E-state index in [1.807, 2.05) is 0 Å². The predicted octanol–water partition coefficient (Wildman–Crippen LogP) is 1.09. The molecule has 0 aliphatic rings. The molecule has 0 radical (unpaired) electrons. The molecule has 0 unspecified atom stereocenters. The van der Waals surface area contributed by atoms with E-state index in [1.54, 1.807) is 27.7 Å². The lowest BCUT2D eigenvalue weighted by molar-refractivity contribution is 0.0338. The van der Waals surface area contributed by atoms with Crippen LogP contribution in [0.15, 0.2) is 0 Å². The van der Waals surface area contributed by atoms with Crippen molar-refractivity contribution >= 4 is 6.16 Å². The molecule has 3 N–H and O–H groups in total. The molecule has 5 heteroatoms. The summed E-state index contributed by atoms with van der Waals surface area (Å²) < 4.78 is 4.25. The van der Waals surface area contributed by atoms with Crippen LogP contribution in [0.3, 0.4) is 0 Å². The van der Waals surface area contributed by atoms with Crippen molar-refractivity contribution < 1.29 is 24.9 Å². The van der Waals surface area contributed by atoms with Crippen LogP contribution >= 0.6 is 0 Å². The Balaban J connectivity index is 0. The van der Waals surface area contributed by atoms with E-state index >= 15 is 0 Å². The van der Waals surface area contributed by atoms with Gasteiger partial charge in [0.2, 0.25) is 0 Å². The Morgan fingerprint density at radius 3 is 2.00 bits per heavy atom. The molecule has 0 bridgehead atoms. The van der Waals surface area contributed by atoms with Gasteiger partial charge in [-0.15, -0.1) is 0 Å². The molecule has 86 valence electrons. The zero-order valence-electron chi connectivity index (χ0n) is 9.15. The monoisotopic (exact) mass is 208 g/mol. The van der Waals surface area contributed by atoms with Gasteiger partial charge in [0.25, 0.3) is 0 Å². The molecule has 0 saturated carbocycles. The first kappa shape index (κ1) is 15.7. The van der Waals surface area contributed by atoms with Crippen LogP contribution in [-0.4, -0.2) is 40.8 Å². The number of carboxylic acid groups (broad SMARTS) is 1. The van der Waals surface area contributed by atoms with Crippen molar-refractivity contribution in [3.05, 3.63) is 0 Å². The van der Waals surface area contributed by atoms with Gasteiger partial charge in [-0.1, -0.05) is 13.8 Å². The summed E-state index contributed by atoms with van der Waals surface area (Å²) in [5.41, 5.74) is -0.474. The minimum atomic E-state index is -1.30. The molecule has 0 aromatic heterocycles. The lowest BCUT2D eigenvalue weighted by Crippen LogP contribution is -2.24. The van der Waals surface area contributed by atoms with Crippen molar-refractivity contribution in [2.75, 3.05) is 13.2 Å². The van der Waals surface area contributed by atoms with Gasteiger partial charge in [-0.3, -0.25) is 0 Å². The number of rotatable bonds is 3. The molecule has 0 aromatic rings. The van der Waals surface area contributed by atoms with Crippen molar-refractivity contribution in [2.24, 2.45) is 5.41 Å². The number of hydrogen-bond acceptors (Lipinski definition) is 4. The number of hydrogen-bond donors (Lipinski definition) is 3. The zero-order valence-corrected chi connectivity index (χ0v) is 9.15. The number of aliphatic hydroxyl groups is 2. The van der Waals surface area contributed by atoms with Crippen LogP contribution < -0.4 is 0 Å². The summed E-state index contributed by atoms with van der Waals surface area (Å²) in [6, 6.07) is 0. The van der Waals surface area contributed by atoms with Crippen molar-refractivity contribution in [1.82, 2.24) is 0 Å². The maximum absolute atomic E-state index is 9.86. The zero-order chi connectivity index (χ0) is 11.8. The average molecular weight is 208 g/mol. The van der Waals surface area contributed by atoms with Crippen LogP contribution in [0.1, 0.15) is 27.7 Å². The highest BCUT2D eigenvalue weighted by atomic mass is 16.7. The van der Waals surface area contributed by atoms with Gasteiger partial charge in [0, 0.05) is 11.5 Å². The Kier molecular flexibility index (Phi) is 8.48. The Labute approximate surface area is 84.3 Å². The van der Waals surface area contributed by atoms with Crippen molar-refractivity contribution in [2.45, 2.75) is 33.8 Å². The molecule has 0 aliphatic carbocycles. The highest BCUT2D eigenvalue weighted by molar-refractivity contribution is 5.56. The SMILES string of the molecule is CC(C)(CO)COC(=O)O.CC(C)O. The van der Waals surface area contributed by atoms with Crippen LogP contribution in [0.25, 0.3) is 0 Å². The first-order chi connectivity index (χ1) is 6.21. The first-order valence-corrected chi connectivity index (χ1v) is 4.36. The van der Waals surface area contributed by atoms with Gasteiger partial charge >= 0.3 is 6.16 Å². The van der Waals surface area contributed by atoms with Gasteiger partial charge in [-0.05, 0) is 13.8 Å². The third kappa shape index (κ3) is 17.3. The minimum absolute atomic E-state index is 0.0266. The highest BCUT2D eigenvalue weighted by Crippen LogP contribution is 2.13. The molecule has 0 rings (SSSR count). The first-order valence-electron chi connectivity index (χ1n) is 4.36. The largest absolute Gasteiger partial charge is 0.505 e. The van der Waals surface area contributed by atoms with Crippen LogP contribution in [0.5, 0.6) is 0 Å². The van der Waals surface area contributed by atoms with Gasteiger partial charge < -0.3 is 20.1 Å². The summed E-state index contributed by atoms with van der Waals surface area (Å²) in [6.45, 7) is 6.82. The second-order valence-corrected chi connectivity index (χ2v) is 3.97. The fourth-order valence-corrected chi connectivity index (χ4v) is 0.303. The van der Waals surface area contributed by atoms with Crippen LogP contribution in [0.4, 0.5) is 4.79 Å². The third-order valence-corrected chi connectivity index (χ3v) is 1.01. The molecule has 14 heavy (non-hydrogen) atoms. The Morgan fingerprint density at radius 1 is 1.43 bits per heavy atom. The van der Waals surface area contributed by atoms with Crippen LogP contribution in [0.2, 0.25) is 0 Å². The highest BCUT2D eigenvalue weighted by Gasteiger charge is 2.18. The predicted molar refractivity (Wildman–Crippen MR) is 52.2 cm³/mol. The third-order valence-electron chi connectivity index (χ3n) is 1.01. The molecule has 0 heterocycles. The molecule has 0 fully saturated rings. The number of carbonyl (C=O) groups is 1. The van der Waals surface area contributed by atoms with E-state index in [1.165, 1.54) is 0 Å². The summed E-state index contributed by atoms with van der Waals surface area (Å²) in [4.78, 5) is 9.86. The van der Waals surface area contributed by atoms with Crippen LogP contribution in [-0.2, 0) is 4.74 Å². The summed E-state index contributed by atoms with van der Waals surface area (Å²) in [6.07, 6.45) is -1.47. The smallest absolute Gasteiger partial charge is 0.450 e. The quantitative estimate of drug-likeness (QED) is 0.604. The van der Waals surface area contributed by atoms with E-state index in [0.29, 0.717) is 0 Å². The van der Waals surface area contributed by atoms with E-state index in [9.17, 15) is 4.79 Å². The number of aliphatic hydroxyl groups excluding tert-OH is 2. The van der Waals surface area contributed by atoms with Gasteiger partial charge in [0.1, 0.15) is 6.61 Å². The molecule has 0 spiro atoms. The van der Waals surface area contributed by atoms with Crippen molar-refractivity contribution in [3.63, 3.8) is 0 Å². The topological polar surface area (TPSA) is 87.0 Å². The molecular weight excluding hydrogens is 188 g/mol. The second kappa shape index (κ2) is 7.58. The van der Waals surface area contributed by atoms with Crippen molar-refractivity contribution in [1.29, 1.82) is 0 Å². The summed E-state index contributed by atoms with van der Waals surface area (Å²) in [5, 5.41) is 24.8. The number of ether oxygens (including phenoxy) is 1. The Hall–Kier alpha value is -0.810. The normalized spacial score (nSPS) is 10.5. The van der Waals surface area contributed by atoms with E-state index in [2.05, 4.69) is 4.74 Å². The molecular formula is C9H20O5. The maximum atomic E-state index is 9.86. The standard InChI is InChI=1S/C6H12O4.C3H8O/c1-6(2,3-7)4-10-5(8)9;1-3(2)4/h7H,3-4H2,1-2H3,(H,8,9);3-4H,1-2H3. The lowest BCUT2D eigenvalue weighted by atomic mass is 9.97. The molecule has 0 aliphatic heterocycles. The van der Waals surface area contributed by atoms with E-state index in [4.69, 9.17) is 15.3 Å². The van der Waals surface area contributed by atoms with E-state index in [-0.39, 0.29) is 19.3 Å². The molecule has 0 amide bonds. The van der Waals surface area contributed by atoms with Gasteiger partial charge in [-0.2, -0.15) is 0 Å². The second-order valence-electron chi connectivity index (χ2n) is 3.97. The fraction of sp³-hybridized carbons (Fsp3) is 0.889. The van der Waals surface area contributed by atoms with E-state index in [0.717, 1.165) is 0 Å². The molecule has 0 saturated heterocycles. The van der Waals surface area contributed by atoms with Gasteiger partial charge in [-0.25, -0.2) is 4.79 Å².